The molecule has 9 rings (SSSR count). The van der Waals surface area contributed by atoms with E-state index in [1.165, 1.54) is 22.0 Å². The predicted molar refractivity (Wildman–Crippen MR) is 182 cm³/mol. The van der Waals surface area contributed by atoms with Crippen LogP contribution >= 0.6 is 0 Å². The minimum Gasteiger partial charge on any atom is -0.456 e. The average Bonchev–Trinajstić information content (AvgIpc) is 3.44. The lowest BCUT2D eigenvalue weighted by Gasteiger charge is -2.23. The highest BCUT2D eigenvalue weighted by Gasteiger charge is 2.24. The van der Waals surface area contributed by atoms with E-state index in [9.17, 15) is 0 Å². The molecule has 5 heteroatoms. The Morgan fingerprint density at radius 1 is 0.667 bits per heavy atom. The molecule has 0 radical (unpaired) electrons. The highest BCUT2D eigenvalue weighted by atomic mass is 16.5. The van der Waals surface area contributed by atoms with Gasteiger partial charge < -0.3 is 19.4 Å². The molecule has 0 spiro atoms. The standard InChI is InChI=1S/C40H29N3O2/c1-4-12-35-29(9-1)30-19-21-42-25-36(30)43(35)28-16-18-34-33-17-15-26(27-8-7-20-41-24-27)22-39(33)44-37-13-5-2-10-31(37)32-11-3-6-14-38(32)45-40(34)23-28/h1-18,20,22-23,25,41H,19,21,24H2. The van der Waals surface area contributed by atoms with E-state index >= 15 is 0 Å². The Kier molecular flexibility index (Phi) is 5.94. The summed E-state index contributed by atoms with van der Waals surface area (Å²) >= 11 is 0. The molecule has 5 aromatic carbocycles. The van der Waals surface area contributed by atoms with Gasteiger partial charge >= 0.3 is 0 Å². The number of hydrogen-bond donors (Lipinski definition) is 1. The Morgan fingerprint density at radius 3 is 2.13 bits per heavy atom. The molecule has 45 heavy (non-hydrogen) atoms. The minimum atomic E-state index is 0.762. The van der Waals surface area contributed by atoms with Gasteiger partial charge in [0.05, 0.1) is 11.2 Å². The first-order valence-corrected chi connectivity index (χ1v) is 15.4. The predicted octanol–water partition coefficient (Wildman–Crippen LogP) is 9.34. The summed E-state index contributed by atoms with van der Waals surface area (Å²) in [7, 11) is 0. The van der Waals surface area contributed by atoms with Crippen molar-refractivity contribution in [2.45, 2.75) is 6.42 Å². The smallest absolute Gasteiger partial charge is 0.137 e. The zero-order valence-electron chi connectivity index (χ0n) is 24.5. The molecule has 3 aliphatic heterocycles. The van der Waals surface area contributed by atoms with Crippen molar-refractivity contribution in [3.8, 4) is 50.9 Å². The fourth-order valence-electron chi connectivity index (χ4n) is 6.77. The van der Waals surface area contributed by atoms with Gasteiger partial charge in [-0.3, -0.25) is 4.99 Å². The van der Waals surface area contributed by atoms with Crippen molar-refractivity contribution in [3.63, 3.8) is 0 Å². The first-order valence-electron chi connectivity index (χ1n) is 15.4. The van der Waals surface area contributed by atoms with Gasteiger partial charge in [0, 0.05) is 58.7 Å². The fraction of sp³-hybridized carbons (Fsp3) is 0.0750. The van der Waals surface area contributed by atoms with Gasteiger partial charge in [0.25, 0.3) is 0 Å². The number of aliphatic imine (C=N–C) groups is 1. The summed E-state index contributed by atoms with van der Waals surface area (Å²) in [6.45, 7) is 1.58. The van der Waals surface area contributed by atoms with Gasteiger partial charge in [0.2, 0.25) is 0 Å². The fourth-order valence-corrected chi connectivity index (χ4v) is 6.77. The Labute approximate surface area is 261 Å². The monoisotopic (exact) mass is 583 g/mol. The van der Waals surface area contributed by atoms with Crippen molar-refractivity contribution in [1.82, 2.24) is 9.88 Å². The van der Waals surface area contributed by atoms with Crippen LogP contribution in [0, 0.1) is 0 Å². The molecule has 0 aliphatic carbocycles. The molecule has 3 aliphatic rings. The number of dihydropyridines is 1. The van der Waals surface area contributed by atoms with Crippen LogP contribution in [0.2, 0.25) is 0 Å². The van der Waals surface area contributed by atoms with Gasteiger partial charge in [-0.25, -0.2) is 0 Å². The van der Waals surface area contributed by atoms with E-state index in [0.717, 1.165) is 81.7 Å². The second kappa shape index (κ2) is 10.4. The van der Waals surface area contributed by atoms with Crippen LogP contribution in [-0.2, 0) is 6.42 Å². The van der Waals surface area contributed by atoms with Gasteiger partial charge in [-0.2, -0.15) is 0 Å². The molecule has 1 N–H and O–H groups in total. The van der Waals surface area contributed by atoms with Gasteiger partial charge in [-0.1, -0.05) is 66.7 Å². The first kappa shape index (κ1) is 25.7. The van der Waals surface area contributed by atoms with Crippen LogP contribution in [-0.4, -0.2) is 23.9 Å². The van der Waals surface area contributed by atoms with Crippen LogP contribution in [0.4, 0.5) is 0 Å². The normalized spacial score (nSPS) is 14.4. The number of rotatable bonds is 2. The number of allylic oxidation sites excluding steroid dienone is 2. The van der Waals surface area contributed by atoms with E-state index in [0.29, 0.717) is 0 Å². The van der Waals surface area contributed by atoms with Crippen molar-refractivity contribution in [2.24, 2.45) is 4.99 Å². The number of para-hydroxylation sites is 3. The molecule has 0 amide bonds. The highest BCUT2D eigenvalue weighted by Crippen LogP contribution is 2.48. The van der Waals surface area contributed by atoms with Crippen molar-refractivity contribution in [2.75, 3.05) is 13.1 Å². The molecule has 0 saturated heterocycles. The molecule has 0 bridgehead atoms. The maximum Gasteiger partial charge on any atom is 0.137 e. The summed E-state index contributed by atoms with van der Waals surface area (Å²) in [6.07, 6.45) is 9.11. The molecule has 1 aromatic heterocycles. The molecule has 0 fully saturated rings. The summed E-state index contributed by atoms with van der Waals surface area (Å²) in [5.74, 6) is 3.10. The second-order valence-corrected chi connectivity index (χ2v) is 11.5. The van der Waals surface area contributed by atoms with Crippen molar-refractivity contribution >= 4 is 22.7 Å². The zero-order chi connectivity index (χ0) is 29.7. The lowest BCUT2D eigenvalue weighted by molar-refractivity contribution is 0.472. The minimum absolute atomic E-state index is 0.762. The third-order valence-electron chi connectivity index (χ3n) is 8.90. The zero-order valence-corrected chi connectivity index (χ0v) is 24.5. The number of ether oxygens (including phenoxy) is 2. The number of fused-ring (bicyclic) bond motifs is 9. The third-order valence-corrected chi connectivity index (χ3v) is 8.90. The molecular weight excluding hydrogens is 554 g/mol. The van der Waals surface area contributed by atoms with E-state index < -0.39 is 0 Å². The number of hydrogen-bond acceptors (Lipinski definition) is 4. The number of nitrogens with zero attached hydrogens (tertiary/aromatic N) is 2. The van der Waals surface area contributed by atoms with Crippen molar-refractivity contribution in [3.05, 3.63) is 144 Å². The average molecular weight is 584 g/mol. The van der Waals surface area contributed by atoms with Crippen LogP contribution in [0.1, 0.15) is 16.8 Å². The Morgan fingerprint density at radius 2 is 1.36 bits per heavy atom. The number of aromatic nitrogens is 1. The maximum absolute atomic E-state index is 6.94. The molecule has 5 nitrogen and oxygen atoms in total. The summed E-state index contributed by atoms with van der Waals surface area (Å²) in [5.41, 5.74) is 10.9. The lowest BCUT2D eigenvalue weighted by atomic mass is 9.96. The Bertz CT molecular complexity index is 2240. The second-order valence-electron chi connectivity index (χ2n) is 11.5. The van der Waals surface area contributed by atoms with Crippen LogP contribution in [0.5, 0.6) is 23.0 Å². The molecule has 0 atom stereocenters. The molecule has 0 unspecified atom stereocenters. The largest absolute Gasteiger partial charge is 0.456 e. The van der Waals surface area contributed by atoms with Crippen LogP contribution in [0.3, 0.4) is 0 Å². The van der Waals surface area contributed by atoms with Crippen LogP contribution < -0.4 is 14.8 Å². The van der Waals surface area contributed by atoms with Gasteiger partial charge in [-0.15, -0.1) is 0 Å². The van der Waals surface area contributed by atoms with E-state index in [1.807, 2.05) is 54.9 Å². The van der Waals surface area contributed by atoms with E-state index in [-0.39, 0.29) is 0 Å². The highest BCUT2D eigenvalue weighted by molar-refractivity contribution is 5.97. The van der Waals surface area contributed by atoms with Crippen LogP contribution in [0.25, 0.3) is 44.4 Å². The summed E-state index contributed by atoms with van der Waals surface area (Å²) in [6, 6.07) is 38.0. The summed E-state index contributed by atoms with van der Waals surface area (Å²) in [4.78, 5) is 4.66. The van der Waals surface area contributed by atoms with Gasteiger partial charge in [0.15, 0.2) is 0 Å². The van der Waals surface area contributed by atoms with E-state index in [2.05, 4.69) is 93.7 Å². The van der Waals surface area contributed by atoms with Crippen LogP contribution in [0.15, 0.2) is 133 Å². The summed E-state index contributed by atoms with van der Waals surface area (Å²) in [5, 5.41) is 4.60. The molecule has 6 aromatic rings. The van der Waals surface area contributed by atoms with Crippen molar-refractivity contribution in [1.29, 1.82) is 0 Å². The van der Waals surface area contributed by atoms with E-state index in [1.54, 1.807) is 0 Å². The number of nitrogens with one attached hydrogen (secondary N) is 1. The first-order chi connectivity index (χ1) is 22.3. The SMILES string of the molecule is C1=CNCC(c2ccc3c(c2)Oc2ccccc2-c2ccccc2Oc2cc(-n4c5c(c6ccccc64)CCN=C5)ccc2-3)=C1. The molecule has 216 valence electrons. The quantitative estimate of drug-likeness (QED) is 0.221. The maximum atomic E-state index is 6.94. The topological polar surface area (TPSA) is 47.8 Å². The molecule has 4 heterocycles. The lowest BCUT2D eigenvalue weighted by Crippen LogP contribution is -2.11. The Balaban J connectivity index is 1.29. The Hall–Kier alpha value is -5.81. The molecule has 0 saturated carbocycles. The van der Waals surface area contributed by atoms with Gasteiger partial charge in [-0.05, 0) is 77.9 Å². The van der Waals surface area contributed by atoms with Gasteiger partial charge in [0.1, 0.15) is 23.0 Å². The number of benzene rings is 5. The van der Waals surface area contributed by atoms with E-state index in [4.69, 9.17) is 9.47 Å². The summed E-state index contributed by atoms with van der Waals surface area (Å²) < 4.78 is 16.1. The molecular formula is C40H29N3O2. The van der Waals surface area contributed by atoms with Crippen molar-refractivity contribution < 1.29 is 9.47 Å². The third kappa shape index (κ3) is 4.27.